The Morgan fingerprint density at radius 2 is 2.37 bits per heavy atom. The molecule has 0 radical (unpaired) electrons. The fourth-order valence-electron chi connectivity index (χ4n) is 2.49. The lowest BCUT2D eigenvalue weighted by Gasteiger charge is -2.14. The van der Waals surface area contributed by atoms with E-state index in [1.54, 1.807) is 6.07 Å². The maximum Gasteiger partial charge on any atom is 0.265 e. The van der Waals surface area contributed by atoms with Gasteiger partial charge in [-0.3, -0.25) is 9.36 Å². The molecule has 19 heavy (non-hydrogen) atoms. The van der Waals surface area contributed by atoms with E-state index < -0.39 is 11.4 Å². The Morgan fingerprint density at radius 3 is 3.11 bits per heavy atom. The van der Waals surface area contributed by atoms with Crippen LogP contribution >= 0.6 is 11.6 Å². The monoisotopic (exact) mass is 281 g/mol. The minimum atomic E-state index is -0.556. The van der Waals surface area contributed by atoms with Crippen LogP contribution < -0.4 is 10.9 Å². The van der Waals surface area contributed by atoms with E-state index in [4.69, 9.17) is 11.6 Å². The first-order valence-electron chi connectivity index (χ1n) is 6.25. The molecule has 0 aliphatic carbocycles. The lowest BCUT2D eigenvalue weighted by molar-refractivity contribution is 0.497. The average Bonchev–Trinajstić information content (AvgIpc) is 2.87. The highest BCUT2D eigenvalue weighted by Gasteiger charge is 2.19. The zero-order valence-corrected chi connectivity index (χ0v) is 11.0. The van der Waals surface area contributed by atoms with Crippen molar-refractivity contribution in [2.45, 2.75) is 25.4 Å². The summed E-state index contributed by atoms with van der Waals surface area (Å²) in [5.41, 5.74) is -0.118. The SMILES string of the molecule is O=c1c2c(F)cccc2nc(Cl)n1CC1CCCN1. The van der Waals surface area contributed by atoms with E-state index in [0.29, 0.717) is 12.1 Å². The summed E-state index contributed by atoms with van der Waals surface area (Å²) in [4.78, 5) is 16.4. The number of nitrogens with zero attached hydrogens (tertiary/aromatic N) is 2. The van der Waals surface area contributed by atoms with Crippen LogP contribution in [0.5, 0.6) is 0 Å². The third-order valence-corrected chi connectivity index (χ3v) is 3.74. The molecule has 0 spiro atoms. The van der Waals surface area contributed by atoms with E-state index in [1.165, 1.54) is 16.7 Å². The zero-order chi connectivity index (χ0) is 13.4. The molecule has 1 aliphatic heterocycles. The lowest BCUT2D eigenvalue weighted by Crippen LogP contribution is -2.33. The Labute approximate surface area is 114 Å². The van der Waals surface area contributed by atoms with Crippen LogP contribution in [-0.2, 0) is 6.54 Å². The van der Waals surface area contributed by atoms with E-state index in [2.05, 4.69) is 10.3 Å². The Morgan fingerprint density at radius 1 is 1.53 bits per heavy atom. The van der Waals surface area contributed by atoms with Gasteiger partial charge in [0.1, 0.15) is 11.2 Å². The van der Waals surface area contributed by atoms with Gasteiger partial charge in [-0.25, -0.2) is 9.37 Å². The van der Waals surface area contributed by atoms with Crippen molar-refractivity contribution >= 4 is 22.5 Å². The predicted octanol–water partition coefficient (Wildman–Crippen LogP) is 1.94. The topological polar surface area (TPSA) is 46.9 Å². The first-order chi connectivity index (χ1) is 9.16. The molecule has 100 valence electrons. The number of benzene rings is 1. The molecule has 1 fully saturated rings. The molecule has 4 nitrogen and oxygen atoms in total. The highest BCUT2D eigenvalue weighted by atomic mass is 35.5. The van der Waals surface area contributed by atoms with E-state index in [-0.39, 0.29) is 16.7 Å². The Bertz CT molecular complexity index is 679. The van der Waals surface area contributed by atoms with Crippen molar-refractivity contribution in [1.82, 2.24) is 14.9 Å². The number of aromatic nitrogens is 2. The summed E-state index contributed by atoms with van der Waals surface area (Å²) in [5, 5.41) is 3.39. The highest BCUT2D eigenvalue weighted by molar-refractivity contribution is 6.28. The second-order valence-electron chi connectivity index (χ2n) is 4.72. The van der Waals surface area contributed by atoms with Gasteiger partial charge in [-0.15, -0.1) is 0 Å². The average molecular weight is 282 g/mol. The Balaban J connectivity index is 2.13. The third kappa shape index (κ3) is 2.24. The molecular weight excluding hydrogens is 269 g/mol. The van der Waals surface area contributed by atoms with Gasteiger partial charge in [0.2, 0.25) is 5.28 Å². The van der Waals surface area contributed by atoms with E-state index >= 15 is 0 Å². The van der Waals surface area contributed by atoms with Gasteiger partial charge in [-0.05, 0) is 43.1 Å². The van der Waals surface area contributed by atoms with Gasteiger partial charge >= 0.3 is 0 Å². The standard InChI is InChI=1S/C13H13ClFN3O/c14-13-17-10-5-1-4-9(15)11(10)12(19)18(13)7-8-3-2-6-16-8/h1,4-5,8,16H,2-3,6-7H2. The molecule has 6 heteroatoms. The molecule has 1 saturated heterocycles. The fraction of sp³-hybridized carbons (Fsp3) is 0.385. The van der Waals surface area contributed by atoms with Gasteiger partial charge in [0.25, 0.3) is 5.56 Å². The summed E-state index contributed by atoms with van der Waals surface area (Å²) in [7, 11) is 0. The molecule has 0 amide bonds. The van der Waals surface area contributed by atoms with Gasteiger partial charge in [0, 0.05) is 12.6 Å². The van der Waals surface area contributed by atoms with Crippen LogP contribution in [0.1, 0.15) is 12.8 Å². The van der Waals surface area contributed by atoms with Crippen molar-refractivity contribution in [1.29, 1.82) is 0 Å². The highest BCUT2D eigenvalue weighted by Crippen LogP contribution is 2.16. The summed E-state index contributed by atoms with van der Waals surface area (Å²) < 4.78 is 15.1. The van der Waals surface area contributed by atoms with Crippen LogP contribution in [0.25, 0.3) is 10.9 Å². The van der Waals surface area contributed by atoms with Gasteiger partial charge in [0.15, 0.2) is 0 Å². The smallest absolute Gasteiger partial charge is 0.265 e. The van der Waals surface area contributed by atoms with Crippen molar-refractivity contribution in [2.75, 3.05) is 6.54 Å². The lowest BCUT2D eigenvalue weighted by atomic mass is 10.2. The van der Waals surface area contributed by atoms with E-state index in [0.717, 1.165) is 19.4 Å². The summed E-state index contributed by atoms with van der Waals surface area (Å²) in [6.07, 6.45) is 2.06. The molecule has 0 bridgehead atoms. The van der Waals surface area contributed by atoms with Crippen molar-refractivity contribution in [2.24, 2.45) is 0 Å². The number of fused-ring (bicyclic) bond motifs is 1. The Kier molecular flexibility index (Phi) is 3.24. The van der Waals surface area contributed by atoms with Crippen LogP contribution in [0.3, 0.4) is 0 Å². The number of hydrogen-bond donors (Lipinski definition) is 1. The van der Waals surface area contributed by atoms with Gasteiger partial charge in [0.05, 0.1) is 5.52 Å². The fourth-order valence-corrected chi connectivity index (χ4v) is 2.72. The maximum absolute atomic E-state index is 13.8. The number of halogens is 2. The number of nitrogens with one attached hydrogen (secondary N) is 1. The second-order valence-corrected chi connectivity index (χ2v) is 5.06. The molecule has 3 rings (SSSR count). The molecule has 1 aliphatic rings. The van der Waals surface area contributed by atoms with Gasteiger partial charge in [-0.1, -0.05) is 6.07 Å². The molecule has 2 heterocycles. The number of hydrogen-bond acceptors (Lipinski definition) is 3. The van der Waals surface area contributed by atoms with E-state index in [1.807, 2.05) is 0 Å². The van der Waals surface area contributed by atoms with E-state index in [9.17, 15) is 9.18 Å². The largest absolute Gasteiger partial charge is 0.312 e. The van der Waals surface area contributed by atoms with Crippen LogP contribution in [0, 0.1) is 5.82 Å². The molecule has 1 unspecified atom stereocenters. The normalized spacial score (nSPS) is 19.2. The Hall–Kier alpha value is -1.46. The molecule has 1 atom stereocenters. The molecule has 2 aromatic rings. The summed E-state index contributed by atoms with van der Waals surface area (Å²) in [6.45, 7) is 1.36. The quantitative estimate of drug-likeness (QED) is 0.856. The predicted molar refractivity (Wildman–Crippen MR) is 72.0 cm³/mol. The van der Waals surface area contributed by atoms with Crippen molar-refractivity contribution in [3.05, 3.63) is 39.7 Å². The zero-order valence-electron chi connectivity index (χ0n) is 10.2. The van der Waals surface area contributed by atoms with Crippen LogP contribution in [0.4, 0.5) is 4.39 Å². The molecule has 1 aromatic heterocycles. The van der Waals surface area contributed by atoms with Crippen LogP contribution in [0.15, 0.2) is 23.0 Å². The van der Waals surface area contributed by atoms with Gasteiger partial charge in [-0.2, -0.15) is 0 Å². The maximum atomic E-state index is 13.8. The third-order valence-electron chi connectivity index (χ3n) is 3.45. The summed E-state index contributed by atoms with van der Waals surface area (Å²) >= 11 is 6.04. The summed E-state index contributed by atoms with van der Waals surface area (Å²) in [5.74, 6) is -0.556. The summed E-state index contributed by atoms with van der Waals surface area (Å²) in [6, 6.07) is 4.56. The molecular formula is C13H13ClFN3O. The van der Waals surface area contributed by atoms with Crippen molar-refractivity contribution in [3.8, 4) is 0 Å². The second kappa shape index (κ2) is 4.90. The molecule has 1 aromatic carbocycles. The van der Waals surface area contributed by atoms with Gasteiger partial charge < -0.3 is 5.32 Å². The van der Waals surface area contributed by atoms with Crippen molar-refractivity contribution in [3.63, 3.8) is 0 Å². The first kappa shape index (κ1) is 12.6. The first-order valence-corrected chi connectivity index (χ1v) is 6.62. The van der Waals surface area contributed by atoms with Crippen LogP contribution in [-0.4, -0.2) is 22.1 Å². The van der Waals surface area contributed by atoms with Crippen LogP contribution in [0.2, 0.25) is 5.28 Å². The number of rotatable bonds is 2. The molecule has 1 N–H and O–H groups in total. The molecule has 0 saturated carbocycles. The minimum absolute atomic E-state index is 0.00453. The minimum Gasteiger partial charge on any atom is -0.312 e. The van der Waals surface area contributed by atoms with Crippen molar-refractivity contribution < 1.29 is 4.39 Å².